The summed E-state index contributed by atoms with van der Waals surface area (Å²) < 4.78 is 11.0. The van der Waals surface area contributed by atoms with Gasteiger partial charge in [-0.2, -0.15) is 0 Å². The number of ether oxygens (including phenoxy) is 1. The van der Waals surface area contributed by atoms with E-state index in [-0.39, 0.29) is 6.10 Å². The van der Waals surface area contributed by atoms with Crippen molar-refractivity contribution >= 4 is 17.3 Å². The van der Waals surface area contributed by atoms with Crippen LogP contribution in [0.15, 0.2) is 40.8 Å². The molecule has 4 heteroatoms. The summed E-state index contributed by atoms with van der Waals surface area (Å²) in [6.07, 6.45) is 0.144. The molecule has 1 heterocycles. The van der Waals surface area contributed by atoms with Crippen LogP contribution in [0.5, 0.6) is 5.75 Å². The highest BCUT2D eigenvalue weighted by molar-refractivity contribution is 6.28. The van der Waals surface area contributed by atoms with Crippen LogP contribution in [0, 0.1) is 0 Å². The van der Waals surface area contributed by atoms with Gasteiger partial charge in [-0.1, -0.05) is 12.1 Å². The summed E-state index contributed by atoms with van der Waals surface area (Å²) in [5.41, 5.74) is 0.943. The number of anilines is 1. The third kappa shape index (κ3) is 3.44. The zero-order valence-corrected chi connectivity index (χ0v) is 11.2. The molecule has 0 unspecified atom stereocenters. The van der Waals surface area contributed by atoms with Crippen LogP contribution in [0.3, 0.4) is 0 Å². The summed E-state index contributed by atoms with van der Waals surface area (Å²) in [5, 5.41) is 3.67. The predicted octanol–water partition coefficient (Wildman–Crippen LogP) is 4.33. The van der Waals surface area contributed by atoms with Crippen molar-refractivity contribution in [1.82, 2.24) is 0 Å². The van der Waals surface area contributed by atoms with Crippen LogP contribution in [0.4, 0.5) is 5.69 Å². The Bertz CT molecular complexity index is 508. The predicted molar refractivity (Wildman–Crippen MR) is 73.3 cm³/mol. The highest BCUT2D eigenvalue weighted by Crippen LogP contribution is 2.25. The van der Waals surface area contributed by atoms with Crippen LogP contribution >= 0.6 is 11.6 Å². The van der Waals surface area contributed by atoms with Crippen LogP contribution in [0.1, 0.15) is 19.6 Å². The Labute approximate surface area is 112 Å². The summed E-state index contributed by atoms with van der Waals surface area (Å²) in [5.74, 6) is 1.63. The number of hydrogen-bond donors (Lipinski definition) is 1. The van der Waals surface area contributed by atoms with Gasteiger partial charge in [0, 0.05) is 0 Å². The minimum Gasteiger partial charge on any atom is -0.489 e. The second-order valence-corrected chi connectivity index (χ2v) is 4.59. The number of furan rings is 1. The normalized spacial score (nSPS) is 10.7. The highest BCUT2D eigenvalue weighted by Gasteiger charge is 2.05. The maximum Gasteiger partial charge on any atom is 0.193 e. The third-order valence-corrected chi connectivity index (χ3v) is 2.53. The van der Waals surface area contributed by atoms with E-state index in [0.29, 0.717) is 11.8 Å². The minimum atomic E-state index is 0.144. The Morgan fingerprint density at radius 1 is 1.22 bits per heavy atom. The van der Waals surface area contributed by atoms with E-state index in [0.717, 1.165) is 17.2 Å². The van der Waals surface area contributed by atoms with Crippen LogP contribution in [-0.2, 0) is 6.54 Å². The average molecular weight is 266 g/mol. The van der Waals surface area contributed by atoms with Gasteiger partial charge in [-0.05, 0) is 49.7 Å². The van der Waals surface area contributed by atoms with Crippen molar-refractivity contribution < 1.29 is 9.15 Å². The molecule has 0 spiro atoms. The molecule has 0 saturated heterocycles. The van der Waals surface area contributed by atoms with Gasteiger partial charge in [0.15, 0.2) is 5.22 Å². The number of hydrogen-bond acceptors (Lipinski definition) is 3. The molecule has 0 saturated carbocycles. The van der Waals surface area contributed by atoms with Crippen LogP contribution in [0.2, 0.25) is 5.22 Å². The van der Waals surface area contributed by atoms with E-state index in [4.69, 9.17) is 20.8 Å². The standard InChI is InChI=1S/C14H16ClNO2/c1-10(2)17-13-6-4-3-5-12(13)16-9-11-7-8-14(15)18-11/h3-8,10,16H,9H2,1-2H3. The lowest BCUT2D eigenvalue weighted by Gasteiger charge is -2.14. The fraction of sp³-hybridized carbons (Fsp3) is 0.286. The van der Waals surface area contributed by atoms with Gasteiger partial charge in [0.25, 0.3) is 0 Å². The molecule has 2 aromatic rings. The Kier molecular flexibility index (Phi) is 4.15. The van der Waals surface area contributed by atoms with Gasteiger partial charge in [0.1, 0.15) is 11.5 Å². The fourth-order valence-corrected chi connectivity index (χ4v) is 1.76. The maximum absolute atomic E-state index is 5.72. The van der Waals surface area contributed by atoms with E-state index < -0.39 is 0 Å². The lowest BCUT2D eigenvalue weighted by atomic mass is 10.3. The molecular weight excluding hydrogens is 250 g/mol. The topological polar surface area (TPSA) is 34.4 Å². The number of nitrogens with one attached hydrogen (secondary N) is 1. The van der Waals surface area contributed by atoms with Crippen molar-refractivity contribution in [1.29, 1.82) is 0 Å². The molecule has 96 valence electrons. The molecule has 0 bridgehead atoms. The van der Waals surface area contributed by atoms with Gasteiger partial charge in [0.05, 0.1) is 18.3 Å². The molecule has 3 nitrogen and oxygen atoms in total. The molecule has 0 aliphatic carbocycles. The van der Waals surface area contributed by atoms with Crippen molar-refractivity contribution in [3.05, 3.63) is 47.4 Å². The molecule has 1 N–H and O–H groups in total. The third-order valence-electron chi connectivity index (χ3n) is 2.33. The van der Waals surface area contributed by atoms with Gasteiger partial charge >= 0.3 is 0 Å². The largest absolute Gasteiger partial charge is 0.489 e. The summed E-state index contributed by atoms with van der Waals surface area (Å²) in [6.45, 7) is 4.58. The zero-order valence-electron chi connectivity index (χ0n) is 10.4. The van der Waals surface area contributed by atoms with Gasteiger partial charge in [-0.3, -0.25) is 0 Å². The van der Waals surface area contributed by atoms with Crippen molar-refractivity contribution in [2.75, 3.05) is 5.32 Å². The first kappa shape index (κ1) is 12.8. The smallest absolute Gasteiger partial charge is 0.193 e. The second-order valence-electron chi connectivity index (χ2n) is 4.22. The first-order valence-corrected chi connectivity index (χ1v) is 6.26. The molecule has 0 atom stereocenters. The monoisotopic (exact) mass is 265 g/mol. The van der Waals surface area contributed by atoms with Gasteiger partial charge < -0.3 is 14.5 Å². The van der Waals surface area contributed by atoms with E-state index in [1.807, 2.05) is 44.2 Å². The molecule has 0 radical (unpaired) electrons. The van der Waals surface area contributed by atoms with Crippen molar-refractivity contribution in [3.63, 3.8) is 0 Å². The van der Waals surface area contributed by atoms with Crippen LogP contribution < -0.4 is 10.1 Å². The van der Waals surface area contributed by atoms with Gasteiger partial charge in [-0.15, -0.1) is 0 Å². The molecule has 1 aromatic heterocycles. The molecule has 1 aromatic carbocycles. The van der Waals surface area contributed by atoms with E-state index >= 15 is 0 Å². The highest BCUT2D eigenvalue weighted by atomic mass is 35.5. The molecule has 0 amide bonds. The quantitative estimate of drug-likeness (QED) is 0.874. The van der Waals surface area contributed by atoms with E-state index in [1.165, 1.54) is 0 Å². The van der Waals surface area contributed by atoms with Crippen molar-refractivity contribution in [2.24, 2.45) is 0 Å². The Morgan fingerprint density at radius 2 is 2.00 bits per heavy atom. The number of rotatable bonds is 5. The van der Waals surface area contributed by atoms with Crippen LogP contribution in [-0.4, -0.2) is 6.10 Å². The van der Waals surface area contributed by atoms with E-state index in [1.54, 1.807) is 6.07 Å². The SMILES string of the molecule is CC(C)Oc1ccccc1NCc1ccc(Cl)o1. The summed E-state index contributed by atoms with van der Waals surface area (Å²) in [4.78, 5) is 0. The molecule has 0 aliphatic rings. The number of halogens is 1. The minimum absolute atomic E-state index is 0.144. The number of benzene rings is 1. The zero-order chi connectivity index (χ0) is 13.0. The molecule has 0 aliphatic heterocycles. The fourth-order valence-electron chi connectivity index (χ4n) is 1.60. The maximum atomic E-state index is 5.72. The van der Waals surface area contributed by atoms with Crippen LogP contribution in [0.25, 0.3) is 0 Å². The molecular formula is C14H16ClNO2. The summed E-state index contributed by atoms with van der Waals surface area (Å²) in [7, 11) is 0. The lowest BCUT2D eigenvalue weighted by Crippen LogP contribution is -2.08. The Balaban J connectivity index is 2.04. The lowest BCUT2D eigenvalue weighted by molar-refractivity contribution is 0.243. The average Bonchev–Trinajstić information content (AvgIpc) is 2.73. The summed E-state index contributed by atoms with van der Waals surface area (Å²) in [6, 6.07) is 11.4. The van der Waals surface area contributed by atoms with Gasteiger partial charge in [-0.25, -0.2) is 0 Å². The Hall–Kier alpha value is -1.61. The number of para-hydroxylation sites is 2. The summed E-state index contributed by atoms with van der Waals surface area (Å²) >= 11 is 5.72. The van der Waals surface area contributed by atoms with Crippen molar-refractivity contribution in [3.8, 4) is 5.75 Å². The van der Waals surface area contributed by atoms with Gasteiger partial charge in [0.2, 0.25) is 0 Å². The molecule has 18 heavy (non-hydrogen) atoms. The Morgan fingerprint density at radius 3 is 2.67 bits per heavy atom. The second kappa shape index (κ2) is 5.83. The first-order chi connectivity index (χ1) is 8.65. The van der Waals surface area contributed by atoms with Crippen molar-refractivity contribution in [2.45, 2.75) is 26.5 Å². The first-order valence-electron chi connectivity index (χ1n) is 5.89. The van der Waals surface area contributed by atoms with E-state index in [9.17, 15) is 0 Å². The van der Waals surface area contributed by atoms with E-state index in [2.05, 4.69) is 5.32 Å². The molecule has 0 fully saturated rings. The molecule has 2 rings (SSSR count).